The van der Waals surface area contributed by atoms with Gasteiger partial charge in [-0.05, 0) is 37.6 Å². The van der Waals surface area contributed by atoms with Gasteiger partial charge < -0.3 is 9.15 Å². The van der Waals surface area contributed by atoms with Crippen LogP contribution in [0, 0.1) is 0 Å². The van der Waals surface area contributed by atoms with Gasteiger partial charge in [-0.25, -0.2) is 18.4 Å². The van der Waals surface area contributed by atoms with Gasteiger partial charge in [0.2, 0.25) is 21.8 Å². The van der Waals surface area contributed by atoms with Gasteiger partial charge in [-0.2, -0.15) is 5.10 Å². The Hall–Kier alpha value is -3.48. The predicted octanol–water partition coefficient (Wildman–Crippen LogP) is 3.19. The lowest BCUT2D eigenvalue weighted by Gasteiger charge is -2.36. The number of pyridine rings is 1. The molecular weight excluding hydrogens is 494 g/mol. The van der Waals surface area contributed by atoms with Gasteiger partial charge in [-0.1, -0.05) is 0 Å². The maximum absolute atomic E-state index is 11.9. The first-order valence-electron chi connectivity index (χ1n) is 12.1. The lowest BCUT2D eigenvalue weighted by Crippen LogP contribution is -2.48. The Morgan fingerprint density at radius 1 is 1.08 bits per heavy atom. The maximum atomic E-state index is 11.9. The number of fused-ring (bicyclic) bond motifs is 1. The van der Waals surface area contributed by atoms with Crippen LogP contribution in [0.5, 0.6) is 5.88 Å². The summed E-state index contributed by atoms with van der Waals surface area (Å²) < 4.78 is 37.6. The minimum atomic E-state index is -3.52. The van der Waals surface area contributed by atoms with Crippen LogP contribution in [0.4, 0.5) is 5.69 Å². The number of H-pyrrole nitrogens is 1. The van der Waals surface area contributed by atoms with E-state index in [0.717, 1.165) is 60.2 Å². The molecule has 4 aromatic rings. The number of anilines is 1. The highest BCUT2D eigenvalue weighted by atomic mass is 32.2. The molecule has 196 valence electrons. The molecule has 11 nitrogen and oxygen atoms in total. The van der Waals surface area contributed by atoms with Crippen LogP contribution < -0.4 is 9.46 Å². The van der Waals surface area contributed by atoms with E-state index in [1.807, 2.05) is 12.1 Å². The summed E-state index contributed by atoms with van der Waals surface area (Å²) in [6, 6.07) is 6.12. The van der Waals surface area contributed by atoms with E-state index < -0.39 is 10.0 Å². The number of benzene rings is 1. The normalized spacial score (nSPS) is 15.5. The number of hydrogen-bond acceptors (Lipinski definition) is 9. The Labute approximate surface area is 215 Å². The van der Waals surface area contributed by atoms with Gasteiger partial charge in [0.1, 0.15) is 11.4 Å². The molecule has 2 N–H and O–H groups in total. The molecule has 12 heteroatoms. The summed E-state index contributed by atoms with van der Waals surface area (Å²) in [4.78, 5) is 13.7. The third-order valence-electron chi connectivity index (χ3n) is 6.53. The minimum absolute atomic E-state index is 0.184. The monoisotopic (exact) mass is 525 g/mol. The number of nitrogens with one attached hydrogen (secondary N) is 2. The van der Waals surface area contributed by atoms with Crippen LogP contribution >= 0.6 is 0 Å². The smallest absolute Gasteiger partial charge is 0.238 e. The summed E-state index contributed by atoms with van der Waals surface area (Å²) in [5.74, 6) is 1.49. The summed E-state index contributed by atoms with van der Waals surface area (Å²) in [7, 11) is -2.08. The summed E-state index contributed by atoms with van der Waals surface area (Å²) in [5.41, 5.74) is 3.32. The van der Waals surface area contributed by atoms with Crippen LogP contribution in [0.2, 0.25) is 0 Å². The molecule has 1 saturated heterocycles. The van der Waals surface area contributed by atoms with Crippen molar-refractivity contribution in [3.05, 3.63) is 42.5 Å². The second-order valence-electron chi connectivity index (χ2n) is 9.55. The van der Waals surface area contributed by atoms with Crippen molar-refractivity contribution >= 4 is 26.6 Å². The van der Waals surface area contributed by atoms with Gasteiger partial charge in [0.05, 0.1) is 37.8 Å². The zero-order chi connectivity index (χ0) is 26.2. The third kappa shape index (κ3) is 5.60. The molecule has 0 saturated carbocycles. The van der Waals surface area contributed by atoms with E-state index in [1.54, 1.807) is 24.7 Å². The fraction of sp³-hybridized carbons (Fsp3) is 0.400. The molecule has 0 aliphatic carbocycles. The number of methoxy groups -OCH3 is 1. The van der Waals surface area contributed by atoms with Gasteiger partial charge in [0.25, 0.3) is 0 Å². The molecular formula is C25H31N7O4S. The summed E-state index contributed by atoms with van der Waals surface area (Å²) in [6.07, 6.45) is 6.24. The fourth-order valence-electron chi connectivity index (χ4n) is 4.60. The number of rotatable bonds is 8. The zero-order valence-corrected chi connectivity index (χ0v) is 22.2. The van der Waals surface area contributed by atoms with Gasteiger partial charge >= 0.3 is 0 Å². The van der Waals surface area contributed by atoms with Crippen LogP contribution in [-0.4, -0.2) is 84.0 Å². The van der Waals surface area contributed by atoms with E-state index >= 15 is 0 Å². The van der Waals surface area contributed by atoms with Crippen molar-refractivity contribution in [2.45, 2.75) is 26.4 Å². The van der Waals surface area contributed by atoms with E-state index in [4.69, 9.17) is 9.15 Å². The van der Waals surface area contributed by atoms with Crippen LogP contribution in [0.15, 0.2) is 41.2 Å². The van der Waals surface area contributed by atoms with E-state index in [9.17, 15) is 8.42 Å². The van der Waals surface area contributed by atoms with Crippen LogP contribution in [0.1, 0.15) is 19.6 Å². The van der Waals surface area contributed by atoms with Crippen molar-refractivity contribution in [1.29, 1.82) is 0 Å². The number of aromatic nitrogens is 4. The first-order valence-corrected chi connectivity index (χ1v) is 14.0. The average Bonchev–Trinajstić information content (AvgIpc) is 3.52. The molecule has 0 radical (unpaired) electrons. The quantitative estimate of drug-likeness (QED) is 0.356. The van der Waals surface area contributed by atoms with Crippen molar-refractivity contribution < 1.29 is 17.6 Å². The highest BCUT2D eigenvalue weighted by Crippen LogP contribution is 2.35. The summed E-state index contributed by atoms with van der Waals surface area (Å²) in [6.45, 7) is 9.23. The van der Waals surface area contributed by atoms with Crippen molar-refractivity contribution in [2.24, 2.45) is 0 Å². The molecule has 4 heterocycles. The van der Waals surface area contributed by atoms with Gasteiger partial charge in [-0.3, -0.25) is 19.6 Å². The van der Waals surface area contributed by atoms with Crippen molar-refractivity contribution in [3.8, 4) is 28.5 Å². The molecule has 0 unspecified atom stereocenters. The largest absolute Gasteiger partial charge is 0.480 e. The molecule has 0 bridgehead atoms. The maximum Gasteiger partial charge on any atom is 0.238 e. The lowest BCUT2D eigenvalue weighted by atomic mass is 10.0. The van der Waals surface area contributed by atoms with Crippen molar-refractivity contribution in [2.75, 3.05) is 44.3 Å². The Morgan fingerprint density at radius 3 is 2.57 bits per heavy atom. The molecule has 0 amide bonds. The molecule has 37 heavy (non-hydrogen) atoms. The van der Waals surface area contributed by atoms with E-state index in [2.05, 4.69) is 48.5 Å². The van der Waals surface area contributed by atoms with Gasteiger partial charge in [0, 0.05) is 54.9 Å². The second-order valence-corrected chi connectivity index (χ2v) is 11.3. The molecule has 5 rings (SSSR count). The molecule has 1 aliphatic rings. The van der Waals surface area contributed by atoms with E-state index in [1.165, 1.54) is 7.11 Å². The number of oxazole rings is 1. The van der Waals surface area contributed by atoms with Crippen LogP contribution in [-0.2, 0) is 16.6 Å². The van der Waals surface area contributed by atoms with Gasteiger partial charge in [0.15, 0.2) is 0 Å². The molecule has 1 aliphatic heterocycles. The number of sulfonamides is 1. The summed E-state index contributed by atoms with van der Waals surface area (Å²) in [5, 5.41) is 8.09. The highest BCUT2D eigenvalue weighted by molar-refractivity contribution is 7.92. The highest BCUT2D eigenvalue weighted by Gasteiger charge is 2.21. The number of hydrogen-bond donors (Lipinski definition) is 2. The topological polar surface area (TPSA) is 129 Å². The van der Waals surface area contributed by atoms with Crippen LogP contribution in [0.3, 0.4) is 0 Å². The predicted molar refractivity (Wildman–Crippen MR) is 142 cm³/mol. The average molecular weight is 526 g/mol. The molecule has 1 aromatic carbocycles. The second kappa shape index (κ2) is 10.1. The first kappa shape index (κ1) is 25.2. The van der Waals surface area contributed by atoms with E-state index in [-0.39, 0.29) is 11.6 Å². The minimum Gasteiger partial charge on any atom is -0.480 e. The number of ether oxygens (including phenoxy) is 1. The number of aromatic amines is 1. The SMILES string of the molecule is COc1ncc(-c2cc(-c3ncc(CN4CCN(C(C)C)CC4)o3)c3cn[nH]c3c2)cc1NS(C)(=O)=O. The lowest BCUT2D eigenvalue weighted by molar-refractivity contribution is 0.0992. The Kier molecular flexibility index (Phi) is 6.88. The summed E-state index contributed by atoms with van der Waals surface area (Å²) >= 11 is 0. The Morgan fingerprint density at radius 2 is 1.86 bits per heavy atom. The molecule has 3 aromatic heterocycles. The fourth-order valence-corrected chi connectivity index (χ4v) is 5.15. The van der Waals surface area contributed by atoms with Crippen molar-refractivity contribution in [3.63, 3.8) is 0 Å². The number of piperazine rings is 1. The molecule has 1 fully saturated rings. The van der Waals surface area contributed by atoms with Crippen molar-refractivity contribution in [1.82, 2.24) is 30.0 Å². The zero-order valence-electron chi connectivity index (χ0n) is 21.4. The number of nitrogens with zero attached hydrogens (tertiary/aromatic N) is 5. The molecule has 0 atom stereocenters. The Bertz CT molecular complexity index is 1500. The standard InChI is InChI=1S/C25H31N7O4S/c1-16(2)32-7-5-31(6-8-32)15-19-13-27-24(36-19)20-9-17(10-22-21(20)14-28-29-22)18-11-23(30-37(4,33)34)25(35-3)26-12-18/h9-14,16,30H,5-8,15H2,1-4H3,(H,28,29). The molecule has 0 spiro atoms. The van der Waals surface area contributed by atoms with Crippen LogP contribution in [0.25, 0.3) is 33.5 Å². The Balaban J connectivity index is 1.44. The van der Waals surface area contributed by atoms with Gasteiger partial charge in [-0.15, -0.1) is 0 Å². The first-order chi connectivity index (χ1) is 17.7. The van der Waals surface area contributed by atoms with E-state index in [0.29, 0.717) is 24.0 Å². The third-order valence-corrected chi connectivity index (χ3v) is 7.12.